The smallest absolute Gasteiger partial charge is 0.117 e. The number of ether oxygens (including phenoxy) is 1. The number of hydrogen-bond acceptors (Lipinski definition) is 3. The molecule has 0 bridgehead atoms. The van der Waals surface area contributed by atoms with Crippen molar-refractivity contribution >= 4 is 0 Å². The van der Waals surface area contributed by atoms with Crippen molar-refractivity contribution in [3.63, 3.8) is 0 Å². The molecule has 1 saturated heterocycles. The van der Waals surface area contributed by atoms with Crippen LogP contribution in [0, 0.1) is 11.3 Å². The topological polar surface area (TPSA) is 34.4 Å². The molecule has 0 radical (unpaired) electrons. The molecule has 0 aromatic carbocycles. The fraction of sp³-hybridized carbons (Fsp3) is 0.692. The normalized spacial score (nSPS) is 35.8. The Kier molecular flexibility index (Phi) is 2.33. The number of furan rings is 1. The van der Waals surface area contributed by atoms with E-state index in [2.05, 4.69) is 19.2 Å². The maximum atomic E-state index is 5.77. The van der Waals surface area contributed by atoms with Crippen LogP contribution in [-0.2, 0) is 11.3 Å². The van der Waals surface area contributed by atoms with Gasteiger partial charge in [-0.05, 0) is 18.6 Å². The first-order valence-corrected chi connectivity index (χ1v) is 6.07. The SMILES string of the molecule is CC1(C)C(NCc2ccco2)C2CCOC21. The first kappa shape index (κ1) is 10.4. The monoisotopic (exact) mass is 221 g/mol. The molecule has 0 amide bonds. The van der Waals surface area contributed by atoms with E-state index in [1.54, 1.807) is 6.26 Å². The van der Waals surface area contributed by atoms with Crippen LogP contribution in [0.3, 0.4) is 0 Å². The van der Waals surface area contributed by atoms with Crippen LogP contribution in [0.5, 0.6) is 0 Å². The summed E-state index contributed by atoms with van der Waals surface area (Å²) in [6, 6.07) is 4.51. The Morgan fingerprint density at radius 2 is 2.38 bits per heavy atom. The van der Waals surface area contributed by atoms with Crippen LogP contribution in [0.4, 0.5) is 0 Å². The minimum Gasteiger partial charge on any atom is -0.468 e. The second-order valence-electron chi connectivity index (χ2n) is 5.50. The summed E-state index contributed by atoms with van der Waals surface area (Å²) >= 11 is 0. The van der Waals surface area contributed by atoms with Crippen molar-refractivity contribution in [2.45, 2.75) is 39.0 Å². The molecule has 1 aromatic rings. The molecule has 1 saturated carbocycles. The molecule has 1 aromatic heterocycles. The largest absolute Gasteiger partial charge is 0.468 e. The summed E-state index contributed by atoms with van der Waals surface area (Å²) in [7, 11) is 0. The molecule has 1 N–H and O–H groups in total. The molecule has 3 heteroatoms. The Bertz CT molecular complexity index is 358. The highest BCUT2D eigenvalue weighted by Crippen LogP contribution is 2.52. The highest BCUT2D eigenvalue weighted by molar-refractivity contribution is 5.12. The summed E-state index contributed by atoms with van der Waals surface area (Å²) < 4.78 is 11.1. The molecule has 3 nitrogen and oxygen atoms in total. The molecule has 2 fully saturated rings. The van der Waals surface area contributed by atoms with E-state index in [0.717, 1.165) is 18.9 Å². The zero-order chi connectivity index (χ0) is 11.2. The lowest BCUT2D eigenvalue weighted by molar-refractivity contribution is -0.113. The average Bonchev–Trinajstić information content (AvgIpc) is 2.86. The van der Waals surface area contributed by atoms with Crippen molar-refractivity contribution in [3.8, 4) is 0 Å². The summed E-state index contributed by atoms with van der Waals surface area (Å²) in [4.78, 5) is 0. The third kappa shape index (κ3) is 1.42. The highest BCUT2D eigenvalue weighted by Gasteiger charge is 2.58. The van der Waals surface area contributed by atoms with Gasteiger partial charge in [0.2, 0.25) is 0 Å². The molecule has 0 spiro atoms. The van der Waals surface area contributed by atoms with Gasteiger partial charge in [-0.15, -0.1) is 0 Å². The van der Waals surface area contributed by atoms with Crippen LogP contribution in [0.15, 0.2) is 22.8 Å². The molecule has 3 unspecified atom stereocenters. The van der Waals surface area contributed by atoms with Crippen LogP contribution in [0.2, 0.25) is 0 Å². The minimum absolute atomic E-state index is 0.258. The zero-order valence-corrected chi connectivity index (χ0v) is 9.90. The zero-order valence-electron chi connectivity index (χ0n) is 9.90. The van der Waals surface area contributed by atoms with E-state index in [4.69, 9.17) is 9.15 Å². The van der Waals surface area contributed by atoms with Crippen LogP contribution in [-0.4, -0.2) is 18.8 Å². The van der Waals surface area contributed by atoms with E-state index in [1.165, 1.54) is 6.42 Å². The van der Waals surface area contributed by atoms with Gasteiger partial charge >= 0.3 is 0 Å². The van der Waals surface area contributed by atoms with Crippen molar-refractivity contribution in [3.05, 3.63) is 24.2 Å². The maximum Gasteiger partial charge on any atom is 0.117 e. The molecule has 3 rings (SSSR count). The average molecular weight is 221 g/mol. The van der Waals surface area contributed by atoms with E-state index in [9.17, 15) is 0 Å². The molecule has 1 aliphatic carbocycles. The van der Waals surface area contributed by atoms with Gasteiger partial charge in [0.1, 0.15) is 5.76 Å². The first-order chi connectivity index (χ1) is 7.69. The van der Waals surface area contributed by atoms with Crippen LogP contribution in [0.25, 0.3) is 0 Å². The van der Waals surface area contributed by atoms with Gasteiger partial charge < -0.3 is 14.5 Å². The van der Waals surface area contributed by atoms with Gasteiger partial charge in [0.25, 0.3) is 0 Å². The van der Waals surface area contributed by atoms with Gasteiger partial charge in [0.05, 0.1) is 18.9 Å². The molecular weight excluding hydrogens is 202 g/mol. The lowest BCUT2D eigenvalue weighted by atomic mass is 9.57. The molecule has 1 aliphatic heterocycles. The lowest BCUT2D eigenvalue weighted by Gasteiger charge is -2.54. The molecule has 2 heterocycles. The predicted octanol–water partition coefficient (Wildman–Crippen LogP) is 2.18. The Labute approximate surface area is 96.2 Å². The second-order valence-corrected chi connectivity index (χ2v) is 5.50. The van der Waals surface area contributed by atoms with Gasteiger partial charge in [-0.2, -0.15) is 0 Å². The van der Waals surface area contributed by atoms with E-state index in [1.807, 2.05) is 12.1 Å². The molecular formula is C13H19NO2. The van der Waals surface area contributed by atoms with E-state index in [0.29, 0.717) is 18.1 Å². The Balaban J connectivity index is 1.63. The Morgan fingerprint density at radius 3 is 3.12 bits per heavy atom. The summed E-state index contributed by atoms with van der Waals surface area (Å²) in [5.74, 6) is 1.71. The van der Waals surface area contributed by atoms with Gasteiger partial charge in [0.15, 0.2) is 0 Å². The van der Waals surface area contributed by atoms with E-state index in [-0.39, 0.29) is 5.41 Å². The molecule has 3 atom stereocenters. The van der Waals surface area contributed by atoms with Crippen molar-refractivity contribution in [2.75, 3.05) is 6.61 Å². The van der Waals surface area contributed by atoms with E-state index >= 15 is 0 Å². The Morgan fingerprint density at radius 1 is 1.50 bits per heavy atom. The lowest BCUT2D eigenvalue weighted by Crippen LogP contribution is -2.65. The predicted molar refractivity (Wildman–Crippen MR) is 61.0 cm³/mol. The number of hydrogen-bond donors (Lipinski definition) is 1. The Hall–Kier alpha value is -0.800. The van der Waals surface area contributed by atoms with Crippen molar-refractivity contribution < 1.29 is 9.15 Å². The van der Waals surface area contributed by atoms with E-state index < -0.39 is 0 Å². The summed E-state index contributed by atoms with van der Waals surface area (Å²) in [5, 5.41) is 3.61. The number of rotatable bonds is 3. The third-order valence-electron chi connectivity index (χ3n) is 4.18. The maximum absolute atomic E-state index is 5.77. The van der Waals surface area contributed by atoms with Gasteiger partial charge in [-0.1, -0.05) is 13.8 Å². The number of nitrogens with one attached hydrogen (secondary N) is 1. The van der Waals surface area contributed by atoms with Crippen molar-refractivity contribution in [2.24, 2.45) is 11.3 Å². The first-order valence-electron chi connectivity index (χ1n) is 6.07. The van der Waals surface area contributed by atoms with Crippen molar-refractivity contribution in [1.29, 1.82) is 0 Å². The van der Waals surface area contributed by atoms with Crippen LogP contribution >= 0.6 is 0 Å². The summed E-state index contributed by atoms with van der Waals surface area (Å²) in [5.41, 5.74) is 0.258. The summed E-state index contributed by atoms with van der Waals surface area (Å²) in [6.45, 7) is 6.33. The van der Waals surface area contributed by atoms with Gasteiger partial charge in [0, 0.05) is 24.0 Å². The number of fused-ring (bicyclic) bond motifs is 1. The van der Waals surface area contributed by atoms with Crippen molar-refractivity contribution in [1.82, 2.24) is 5.32 Å². The molecule has 2 aliphatic rings. The molecule has 16 heavy (non-hydrogen) atoms. The standard InChI is InChI=1S/C13H19NO2/c1-13(2)11(10-5-7-16-12(10)13)14-8-9-4-3-6-15-9/h3-4,6,10-12,14H,5,7-8H2,1-2H3. The minimum atomic E-state index is 0.258. The quantitative estimate of drug-likeness (QED) is 0.849. The summed E-state index contributed by atoms with van der Waals surface area (Å²) in [6.07, 6.45) is 3.38. The third-order valence-corrected chi connectivity index (χ3v) is 4.18. The fourth-order valence-electron chi connectivity index (χ4n) is 3.36. The van der Waals surface area contributed by atoms with Gasteiger partial charge in [-0.3, -0.25) is 0 Å². The molecule has 88 valence electrons. The second kappa shape index (κ2) is 3.60. The highest BCUT2D eigenvalue weighted by atomic mass is 16.5. The van der Waals surface area contributed by atoms with Crippen LogP contribution < -0.4 is 5.32 Å². The fourth-order valence-corrected chi connectivity index (χ4v) is 3.36. The van der Waals surface area contributed by atoms with Gasteiger partial charge in [-0.25, -0.2) is 0 Å². The van der Waals surface area contributed by atoms with Crippen LogP contribution in [0.1, 0.15) is 26.0 Å².